The molecule has 0 heterocycles. The number of fused-ring (bicyclic) bond motifs is 5. The number of phenols is 1. The van der Waals surface area contributed by atoms with Gasteiger partial charge in [-0.05, 0) is 90.9 Å². The number of ether oxygens (including phenoxy) is 1. The van der Waals surface area contributed by atoms with Crippen LogP contribution in [0, 0.1) is 23.2 Å². The molecule has 0 saturated heterocycles. The third-order valence-electron chi connectivity index (χ3n) is 7.86. The molecule has 132 valence electrons. The van der Waals surface area contributed by atoms with Crippen molar-refractivity contribution < 1.29 is 9.84 Å². The molecule has 2 heteroatoms. The first-order valence-corrected chi connectivity index (χ1v) is 9.98. The van der Waals surface area contributed by atoms with Gasteiger partial charge in [-0.2, -0.15) is 0 Å². The summed E-state index contributed by atoms with van der Waals surface area (Å²) < 4.78 is 5.40. The van der Waals surface area contributed by atoms with E-state index in [0.717, 1.165) is 24.2 Å². The highest BCUT2D eigenvalue weighted by Crippen LogP contribution is 2.64. The lowest BCUT2D eigenvalue weighted by Gasteiger charge is -2.51. The number of aromatic hydroxyl groups is 1. The van der Waals surface area contributed by atoms with Crippen LogP contribution in [-0.2, 0) is 6.42 Å². The van der Waals surface area contributed by atoms with Crippen LogP contribution in [0.2, 0.25) is 0 Å². The number of hydrogen-bond donors (Lipinski definition) is 1. The molecule has 1 aromatic carbocycles. The van der Waals surface area contributed by atoms with E-state index in [-0.39, 0.29) is 0 Å². The Morgan fingerprint density at radius 2 is 2.04 bits per heavy atom. The van der Waals surface area contributed by atoms with Crippen molar-refractivity contribution in [2.75, 3.05) is 7.11 Å². The quantitative estimate of drug-likeness (QED) is 0.774. The van der Waals surface area contributed by atoms with Gasteiger partial charge in [0.15, 0.2) is 11.5 Å². The molecule has 0 amide bonds. The zero-order chi connectivity index (χ0) is 16.9. The molecule has 2 saturated carbocycles. The largest absolute Gasteiger partial charge is 0.504 e. The first kappa shape index (κ1) is 16.3. The fourth-order valence-electron chi connectivity index (χ4n) is 6.68. The lowest BCUT2D eigenvalue weighted by molar-refractivity contribution is 0.0256. The first-order valence-electron chi connectivity index (χ1n) is 9.98. The Hall–Kier alpha value is -1.18. The number of rotatable bonds is 3. The molecule has 1 aromatic rings. The molecular weight excluding hydrogens is 296 g/mol. The minimum absolute atomic E-state index is 0.305. The van der Waals surface area contributed by atoms with Crippen LogP contribution in [0.15, 0.2) is 12.1 Å². The smallest absolute Gasteiger partial charge is 0.160 e. The van der Waals surface area contributed by atoms with Gasteiger partial charge in [-0.25, -0.2) is 0 Å². The van der Waals surface area contributed by atoms with Crippen molar-refractivity contribution in [3.8, 4) is 11.5 Å². The predicted octanol–water partition coefficient (Wildman–Crippen LogP) is 5.67. The molecular formula is C22H32O2. The third-order valence-corrected chi connectivity index (χ3v) is 7.86. The van der Waals surface area contributed by atoms with Crippen molar-refractivity contribution in [2.45, 2.75) is 71.1 Å². The summed E-state index contributed by atoms with van der Waals surface area (Å²) in [4.78, 5) is 0. The monoisotopic (exact) mass is 328 g/mol. The zero-order valence-electron chi connectivity index (χ0n) is 15.5. The van der Waals surface area contributed by atoms with Crippen molar-refractivity contribution in [1.29, 1.82) is 0 Å². The summed E-state index contributed by atoms with van der Waals surface area (Å²) in [5, 5.41) is 10.1. The van der Waals surface area contributed by atoms with E-state index < -0.39 is 0 Å². The molecule has 3 aliphatic carbocycles. The van der Waals surface area contributed by atoms with E-state index in [1.807, 2.05) is 6.07 Å². The second-order valence-electron chi connectivity index (χ2n) is 8.75. The Bertz CT molecular complexity index is 623. The van der Waals surface area contributed by atoms with E-state index in [9.17, 15) is 5.11 Å². The van der Waals surface area contributed by atoms with Gasteiger partial charge >= 0.3 is 0 Å². The number of methoxy groups -OCH3 is 1. The van der Waals surface area contributed by atoms with Crippen molar-refractivity contribution >= 4 is 0 Å². The van der Waals surface area contributed by atoms with Crippen LogP contribution in [0.5, 0.6) is 11.5 Å². The maximum atomic E-state index is 10.1. The van der Waals surface area contributed by atoms with Gasteiger partial charge in [-0.3, -0.25) is 0 Å². The molecule has 0 aromatic heterocycles. The summed E-state index contributed by atoms with van der Waals surface area (Å²) in [5.74, 6) is 4.33. The van der Waals surface area contributed by atoms with E-state index in [1.165, 1.54) is 56.1 Å². The van der Waals surface area contributed by atoms with E-state index in [4.69, 9.17) is 4.74 Å². The summed E-state index contributed by atoms with van der Waals surface area (Å²) in [5.41, 5.74) is 3.42. The first-order chi connectivity index (χ1) is 11.6. The highest BCUT2D eigenvalue weighted by Gasteiger charge is 2.54. The van der Waals surface area contributed by atoms with Gasteiger partial charge in [-0.15, -0.1) is 0 Å². The van der Waals surface area contributed by atoms with Crippen LogP contribution in [-0.4, -0.2) is 12.2 Å². The number of phenolic OH excluding ortho intramolecular Hbond substituents is 1. The third kappa shape index (κ3) is 2.29. The maximum absolute atomic E-state index is 10.1. The Morgan fingerprint density at radius 3 is 2.79 bits per heavy atom. The molecule has 2 nitrogen and oxygen atoms in total. The Morgan fingerprint density at radius 1 is 1.21 bits per heavy atom. The standard InChI is InChI=1S/C22H32O2/c1-4-5-15-7-9-19-17-8-6-14-12-20(23)21(24-3)13-18(14)16(17)10-11-22(15,19)2/h12-13,15-17,19,23H,4-11H2,1-3H3/t15-,16-,17+,19-,22+/m0/s1. The lowest BCUT2D eigenvalue weighted by Crippen LogP contribution is -2.42. The van der Waals surface area contributed by atoms with Crippen LogP contribution in [0.3, 0.4) is 0 Å². The van der Waals surface area contributed by atoms with Gasteiger partial charge in [0.25, 0.3) is 0 Å². The second-order valence-corrected chi connectivity index (χ2v) is 8.75. The fourth-order valence-corrected chi connectivity index (χ4v) is 6.68. The van der Waals surface area contributed by atoms with Crippen LogP contribution in [0.25, 0.3) is 0 Å². The molecule has 1 N–H and O–H groups in total. The highest BCUT2D eigenvalue weighted by molar-refractivity contribution is 5.49. The molecule has 5 atom stereocenters. The van der Waals surface area contributed by atoms with Crippen LogP contribution in [0.4, 0.5) is 0 Å². The summed E-state index contributed by atoms with van der Waals surface area (Å²) in [7, 11) is 1.66. The van der Waals surface area contributed by atoms with Crippen LogP contribution >= 0.6 is 0 Å². The molecule has 4 rings (SSSR count). The van der Waals surface area contributed by atoms with Crippen molar-refractivity contribution in [3.05, 3.63) is 23.3 Å². The van der Waals surface area contributed by atoms with E-state index in [0.29, 0.717) is 22.8 Å². The molecule has 0 spiro atoms. The summed E-state index contributed by atoms with van der Waals surface area (Å²) >= 11 is 0. The van der Waals surface area contributed by atoms with Gasteiger partial charge in [0, 0.05) is 0 Å². The number of benzene rings is 1. The minimum atomic E-state index is 0.305. The fraction of sp³-hybridized carbons (Fsp3) is 0.727. The van der Waals surface area contributed by atoms with Crippen LogP contribution < -0.4 is 4.74 Å². The Labute approximate surface area is 146 Å². The van der Waals surface area contributed by atoms with E-state index >= 15 is 0 Å². The topological polar surface area (TPSA) is 29.5 Å². The summed E-state index contributed by atoms with van der Waals surface area (Å²) in [6.45, 7) is 4.95. The molecule has 3 aliphatic rings. The highest BCUT2D eigenvalue weighted by atomic mass is 16.5. The van der Waals surface area contributed by atoms with Crippen molar-refractivity contribution in [2.24, 2.45) is 23.2 Å². The Balaban J connectivity index is 1.66. The molecule has 0 radical (unpaired) electrons. The summed E-state index contributed by atoms with van der Waals surface area (Å²) in [6, 6.07) is 4.11. The van der Waals surface area contributed by atoms with Gasteiger partial charge in [0.05, 0.1) is 7.11 Å². The molecule has 24 heavy (non-hydrogen) atoms. The molecule has 0 aliphatic heterocycles. The van der Waals surface area contributed by atoms with E-state index in [1.54, 1.807) is 7.11 Å². The van der Waals surface area contributed by atoms with Gasteiger partial charge in [0.1, 0.15) is 0 Å². The molecule has 2 fully saturated rings. The van der Waals surface area contributed by atoms with E-state index in [2.05, 4.69) is 19.9 Å². The normalized spacial score (nSPS) is 37.5. The molecule has 0 bridgehead atoms. The lowest BCUT2D eigenvalue weighted by atomic mass is 9.54. The molecule has 0 unspecified atom stereocenters. The van der Waals surface area contributed by atoms with Gasteiger partial charge < -0.3 is 9.84 Å². The Kier molecular flexibility index (Phi) is 4.05. The van der Waals surface area contributed by atoms with Gasteiger partial charge in [-0.1, -0.05) is 26.7 Å². The zero-order valence-corrected chi connectivity index (χ0v) is 15.5. The summed E-state index contributed by atoms with van der Waals surface area (Å²) in [6.07, 6.45) is 10.8. The van der Waals surface area contributed by atoms with Crippen molar-refractivity contribution in [3.63, 3.8) is 0 Å². The second kappa shape index (κ2) is 5.97. The van der Waals surface area contributed by atoms with Gasteiger partial charge in [0.2, 0.25) is 0 Å². The number of aryl methyl sites for hydroxylation is 1. The van der Waals surface area contributed by atoms with Crippen LogP contribution in [0.1, 0.15) is 75.8 Å². The SMILES string of the molecule is CCC[C@H]1CC[C@H]2[C@@H]3CCc4cc(O)c(OC)cc4[C@H]3CC[C@]12C. The average molecular weight is 328 g/mol. The predicted molar refractivity (Wildman–Crippen MR) is 97.7 cm³/mol. The average Bonchev–Trinajstić information content (AvgIpc) is 2.91. The van der Waals surface area contributed by atoms with Crippen molar-refractivity contribution in [1.82, 2.24) is 0 Å². The minimum Gasteiger partial charge on any atom is -0.504 e. The maximum Gasteiger partial charge on any atom is 0.160 e. The number of hydrogen-bond acceptors (Lipinski definition) is 2.